The summed E-state index contributed by atoms with van der Waals surface area (Å²) in [7, 11) is 1.56. The Balaban J connectivity index is 3.10. The van der Waals surface area contributed by atoms with Crippen molar-refractivity contribution >= 4 is 11.6 Å². The summed E-state index contributed by atoms with van der Waals surface area (Å²) in [5.74, 6) is -1.19. The van der Waals surface area contributed by atoms with Crippen LogP contribution in [0.15, 0.2) is 6.07 Å². The van der Waals surface area contributed by atoms with Crippen molar-refractivity contribution in [1.82, 2.24) is 4.98 Å². The number of nitrogens with one attached hydrogen (secondary N) is 2. The fraction of sp³-hybridized carbons (Fsp3) is 0.615. The molecule has 1 rings (SSSR count). The van der Waals surface area contributed by atoms with Gasteiger partial charge in [-0.25, -0.2) is 13.8 Å². The molecule has 0 aliphatic rings. The number of pyridine rings is 1. The second kappa shape index (κ2) is 5.98. The molecular formula is C13H21F2N3. The molecule has 0 atom stereocenters. The van der Waals surface area contributed by atoms with E-state index in [2.05, 4.69) is 15.6 Å². The van der Waals surface area contributed by atoms with Gasteiger partial charge in [0.2, 0.25) is 0 Å². The lowest BCUT2D eigenvalue weighted by molar-refractivity contribution is 0.415. The van der Waals surface area contributed by atoms with Gasteiger partial charge in [0.1, 0.15) is 0 Å². The van der Waals surface area contributed by atoms with Crippen LogP contribution in [-0.2, 0) is 0 Å². The highest BCUT2D eigenvalue weighted by Gasteiger charge is 2.25. The van der Waals surface area contributed by atoms with Gasteiger partial charge in [0.25, 0.3) is 0 Å². The van der Waals surface area contributed by atoms with Crippen LogP contribution in [0.4, 0.5) is 20.4 Å². The average Bonchev–Trinajstić information content (AvgIpc) is 2.38. The first-order chi connectivity index (χ1) is 8.51. The maximum atomic E-state index is 13.7. The molecule has 0 saturated heterocycles. The van der Waals surface area contributed by atoms with E-state index in [4.69, 9.17) is 0 Å². The Bertz CT molecular complexity index is 395. The van der Waals surface area contributed by atoms with Crippen LogP contribution >= 0.6 is 0 Å². The van der Waals surface area contributed by atoms with Crippen molar-refractivity contribution in [1.29, 1.82) is 0 Å². The molecule has 0 radical (unpaired) electrons. The van der Waals surface area contributed by atoms with E-state index in [-0.39, 0.29) is 17.2 Å². The van der Waals surface area contributed by atoms with Crippen molar-refractivity contribution in [2.24, 2.45) is 0 Å². The minimum absolute atomic E-state index is 0.0520. The largest absolute Gasteiger partial charge is 0.371 e. The van der Waals surface area contributed by atoms with Crippen LogP contribution in [0.5, 0.6) is 0 Å². The van der Waals surface area contributed by atoms with Crippen LogP contribution in [0.2, 0.25) is 0 Å². The number of aromatic nitrogens is 1. The minimum Gasteiger partial charge on any atom is -0.371 e. The van der Waals surface area contributed by atoms with Crippen LogP contribution in [0.25, 0.3) is 0 Å². The maximum absolute atomic E-state index is 13.7. The topological polar surface area (TPSA) is 37.0 Å². The monoisotopic (exact) mass is 257 g/mol. The first-order valence-electron chi connectivity index (χ1n) is 6.33. The van der Waals surface area contributed by atoms with Gasteiger partial charge in [-0.3, -0.25) is 0 Å². The summed E-state index contributed by atoms with van der Waals surface area (Å²) in [6, 6.07) is 0.854. The van der Waals surface area contributed by atoms with Gasteiger partial charge in [0, 0.05) is 18.7 Å². The fourth-order valence-electron chi connectivity index (χ4n) is 2.00. The lowest BCUT2D eigenvalue weighted by Gasteiger charge is -2.32. The van der Waals surface area contributed by atoms with Crippen molar-refractivity contribution in [3.63, 3.8) is 0 Å². The third kappa shape index (κ3) is 2.89. The molecule has 1 heterocycles. The molecule has 0 saturated carbocycles. The van der Waals surface area contributed by atoms with Crippen molar-refractivity contribution in [3.05, 3.63) is 17.7 Å². The Morgan fingerprint density at radius 3 is 2.00 bits per heavy atom. The van der Waals surface area contributed by atoms with Crippen molar-refractivity contribution < 1.29 is 8.78 Å². The van der Waals surface area contributed by atoms with E-state index < -0.39 is 11.6 Å². The quantitative estimate of drug-likeness (QED) is 0.814. The zero-order chi connectivity index (χ0) is 13.8. The molecule has 1 aromatic rings. The molecule has 1 aromatic heterocycles. The second-order valence-electron chi connectivity index (χ2n) is 4.37. The predicted octanol–water partition coefficient (Wildman–Crippen LogP) is 3.78. The molecule has 0 amide bonds. The van der Waals surface area contributed by atoms with Gasteiger partial charge in [-0.15, -0.1) is 0 Å². The number of halogens is 2. The number of hydrogen-bond donors (Lipinski definition) is 2. The second-order valence-corrected chi connectivity index (χ2v) is 4.37. The predicted molar refractivity (Wildman–Crippen MR) is 70.9 cm³/mol. The van der Waals surface area contributed by atoms with Gasteiger partial charge in [0.15, 0.2) is 23.3 Å². The molecule has 0 aromatic carbocycles. The summed E-state index contributed by atoms with van der Waals surface area (Å²) in [6.45, 7) is 6.13. The first-order valence-corrected chi connectivity index (χ1v) is 6.33. The Hall–Kier alpha value is -1.39. The summed E-state index contributed by atoms with van der Waals surface area (Å²) >= 11 is 0. The number of rotatable bonds is 6. The van der Waals surface area contributed by atoms with Crippen LogP contribution < -0.4 is 10.6 Å². The van der Waals surface area contributed by atoms with Crippen molar-refractivity contribution in [2.75, 3.05) is 17.7 Å². The molecule has 0 aliphatic heterocycles. The average molecular weight is 257 g/mol. The Labute approximate surface area is 107 Å². The lowest BCUT2D eigenvalue weighted by Crippen LogP contribution is -2.37. The molecule has 0 bridgehead atoms. The highest BCUT2D eigenvalue weighted by molar-refractivity contribution is 5.48. The maximum Gasteiger partial charge on any atom is 0.168 e. The summed E-state index contributed by atoms with van der Waals surface area (Å²) in [4.78, 5) is 3.95. The summed E-state index contributed by atoms with van der Waals surface area (Å²) < 4.78 is 27.0. The van der Waals surface area contributed by atoms with Gasteiger partial charge < -0.3 is 10.6 Å². The summed E-state index contributed by atoms with van der Waals surface area (Å²) in [5.41, 5.74) is -0.198. The van der Waals surface area contributed by atoms with Gasteiger partial charge in [-0.2, -0.15) is 0 Å². The van der Waals surface area contributed by atoms with E-state index in [1.165, 1.54) is 0 Å². The minimum atomic E-state index is -0.685. The summed E-state index contributed by atoms with van der Waals surface area (Å²) in [5, 5.41) is 5.73. The van der Waals surface area contributed by atoms with E-state index in [9.17, 15) is 8.78 Å². The van der Waals surface area contributed by atoms with Crippen LogP contribution in [0, 0.1) is 11.6 Å². The van der Waals surface area contributed by atoms with E-state index in [0.717, 1.165) is 25.3 Å². The molecule has 5 heteroatoms. The zero-order valence-corrected chi connectivity index (χ0v) is 11.4. The first kappa shape index (κ1) is 14.7. The van der Waals surface area contributed by atoms with Gasteiger partial charge in [-0.1, -0.05) is 20.8 Å². The van der Waals surface area contributed by atoms with E-state index in [0.29, 0.717) is 0 Å². The third-order valence-corrected chi connectivity index (χ3v) is 3.58. The Kier molecular flexibility index (Phi) is 4.87. The smallest absolute Gasteiger partial charge is 0.168 e. The van der Waals surface area contributed by atoms with Crippen LogP contribution in [0.1, 0.15) is 40.0 Å². The zero-order valence-electron chi connectivity index (χ0n) is 11.4. The Morgan fingerprint density at radius 2 is 1.56 bits per heavy atom. The lowest BCUT2D eigenvalue weighted by atomic mass is 9.90. The normalized spacial score (nSPS) is 11.4. The standard InChI is InChI=1S/C13H21F2N3/c1-5-13(6-2,7-3)18-12-10(15)8-9(14)11(16-4)17-12/h8H,5-7H2,1-4H3,(H2,16,17,18). The number of anilines is 2. The summed E-state index contributed by atoms with van der Waals surface area (Å²) in [6.07, 6.45) is 2.56. The van der Waals surface area contributed by atoms with E-state index in [1.54, 1.807) is 7.05 Å². The molecular weight excluding hydrogens is 236 g/mol. The van der Waals surface area contributed by atoms with E-state index in [1.807, 2.05) is 20.8 Å². The van der Waals surface area contributed by atoms with Crippen LogP contribution in [0.3, 0.4) is 0 Å². The third-order valence-electron chi connectivity index (χ3n) is 3.58. The molecule has 0 fully saturated rings. The molecule has 0 aliphatic carbocycles. The number of hydrogen-bond acceptors (Lipinski definition) is 3. The Morgan fingerprint density at radius 1 is 1.06 bits per heavy atom. The van der Waals surface area contributed by atoms with Crippen molar-refractivity contribution in [2.45, 2.75) is 45.6 Å². The SMILES string of the molecule is CCC(CC)(CC)Nc1nc(NC)c(F)cc1F. The van der Waals surface area contributed by atoms with Gasteiger partial charge in [-0.05, 0) is 19.3 Å². The molecule has 0 spiro atoms. The highest BCUT2D eigenvalue weighted by atomic mass is 19.1. The molecule has 2 N–H and O–H groups in total. The van der Waals surface area contributed by atoms with Crippen molar-refractivity contribution in [3.8, 4) is 0 Å². The molecule has 102 valence electrons. The van der Waals surface area contributed by atoms with Gasteiger partial charge >= 0.3 is 0 Å². The molecule has 0 unspecified atom stereocenters. The van der Waals surface area contributed by atoms with Crippen LogP contribution in [-0.4, -0.2) is 17.6 Å². The molecule has 18 heavy (non-hydrogen) atoms. The van der Waals surface area contributed by atoms with Gasteiger partial charge in [0.05, 0.1) is 0 Å². The van der Waals surface area contributed by atoms with E-state index >= 15 is 0 Å². The number of nitrogens with zero attached hydrogens (tertiary/aromatic N) is 1. The highest BCUT2D eigenvalue weighted by Crippen LogP contribution is 2.27. The molecule has 3 nitrogen and oxygen atoms in total. The fourth-order valence-corrected chi connectivity index (χ4v) is 2.00.